The molecule has 1 amide bonds. The Balaban J connectivity index is 4.34. The first-order chi connectivity index (χ1) is 27.4. The number of carboxylic acid groups (broad SMARTS) is 1. The van der Waals surface area contributed by atoms with Crippen LogP contribution >= 0.6 is 0 Å². The summed E-state index contributed by atoms with van der Waals surface area (Å²) in [5.74, 6) is -1.24. The zero-order valence-electron chi connectivity index (χ0n) is 36.7. The molecule has 0 aliphatic heterocycles. The Bertz CT molecular complexity index is 978. The number of nitrogens with two attached hydrogens (primary N) is 1. The molecule has 326 valence electrons. The smallest absolute Gasteiger partial charge is 0.326 e. The number of nitrogens with one attached hydrogen (secondary N) is 1. The van der Waals surface area contributed by atoms with Crippen molar-refractivity contribution in [2.75, 3.05) is 6.54 Å². The Morgan fingerprint density at radius 1 is 0.536 bits per heavy atom. The van der Waals surface area contributed by atoms with E-state index in [1.54, 1.807) is 0 Å². The number of carboxylic acids is 1. The van der Waals surface area contributed by atoms with Gasteiger partial charge in [0.2, 0.25) is 5.91 Å². The van der Waals surface area contributed by atoms with E-state index in [4.69, 9.17) is 10.5 Å². The molecule has 0 aromatic heterocycles. The second-order valence-corrected chi connectivity index (χ2v) is 16.1. The Morgan fingerprint density at radius 2 is 0.982 bits per heavy atom. The first-order valence-corrected chi connectivity index (χ1v) is 23.8. The zero-order chi connectivity index (χ0) is 41.0. The lowest BCUT2D eigenvalue weighted by molar-refractivity contribution is -0.150. The third-order valence-electron chi connectivity index (χ3n) is 10.7. The predicted molar refractivity (Wildman–Crippen MR) is 239 cm³/mol. The number of hydrogen-bond donors (Lipinski definition) is 3. The molecule has 0 bridgehead atoms. The van der Waals surface area contributed by atoms with Gasteiger partial charge in [-0.2, -0.15) is 0 Å². The van der Waals surface area contributed by atoms with Gasteiger partial charge in [-0.1, -0.05) is 179 Å². The maximum absolute atomic E-state index is 12.8. The molecule has 0 aromatic rings. The van der Waals surface area contributed by atoms with Crippen LogP contribution in [0.1, 0.15) is 239 Å². The van der Waals surface area contributed by atoms with E-state index >= 15 is 0 Å². The van der Waals surface area contributed by atoms with Crippen LogP contribution in [0.3, 0.4) is 0 Å². The summed E-state index contributed by atoms with van der Waals surface area (Å²) in [6, 6.07) is -0.858. The fraction of sp³-hybridized carbons (Fsp3) is 0.816. The van der Waals surface area contributed by atoms with E-state index in [-0.39, 0.29) is 18.0 Å². The highest BCUT2D eigenvalue weighted by Crippen LogP contribution is 2.19. The van der Waals surface area contributed by atoms with Gasteiger partial charge in [-0.05, 0) is 90.0 Å². The molecule has 0 saturated carbocycles. The predicted octanol–water partition coefficient (Wildman–Crippen LogP) is 13.8. The van der Waals surface area contributed by atoms with Crippen molar-refractivity contribution >= 4 is 17.8 Å². The van der Waals surface area contributed by atoms with Crippen molar-refractivity contribution in [1.29, 1.82) is 0 Å². The van der Waals surface area contributed by atoms with E-state index < -0.39 is 12.0 Å². The number of aliphatic carboxylic acids is 1. The Labute approximate surface area is 345 Å². The van der Waals surface area contributed by atoms with E-state index in [9.17, 15) is 19.5 Å². The SMILES string of the molecule is CC/C=C\C/C=C\C/C=C\CCCCCCCC(=O)OC(CCCCCCCCCCCCCCCCC)CCCCCCCC(=O)NC(CCCN)C(=O)O. The van der Waals surface area contributed by atoms with Crippen molar-refractivity contribution in [3.63, 3.8) is 0 Å². The quantitative estimate of drug-likeness (QED) is 0.0322. The fourth-order valence-corrected chi connectivity index (χ4v) is 7.17. The van der Waals surface area contributed by atoms with Crippen molar-refractivity contribution in [2.24, 2.45) is 5.73 Å². The van der Waals surface area contributed by atoms with Crippen LogP contribution < -0.4 is 11.1 Å². The van der Waals surface area contributed by atoms with Crippen molar-refractivity contribution < 1.29 is 24.2 Å². The fourth-order valence-electron chi connectivity index (χ4n) is 7.17. The number of amides is 1. The van der Waals surface area contributed by atoms with E-state index in [0.717, 1.165) is 89.9 Å². The topological polar surface area (TPSA) is 119 Å². The average Bonchev–Trinajstić information content (AvgIpc) is 3.18. The monoisotopic (exact) mass is 787 g/mol. The molecule has 0 rings (SSSR count). The van der Waals surface area contributed by atoms with Gasteiger partial charge in [0.05, 0.1) is 0 Å². The van der Waals surface area contributed by atoms with Gasteiger partial charge < -0.3 is 20.9 Å². The van der Waals surface area contributed by atoms with Crippen molar-refractivity contribution in [3.05, 3.63) is 36.5 Å². The third-order valence-corrected chi connectivity index (χ3v) is 10.7. The van der Waals surface area contributed by atoms with Crippen molar-refractivity contribution in [1.82, 2.24) is 5.32 Å². The van der Waals surface area contributed by atoms with Gasteiger partial charge in [0.15, 0.2) is 0 Å². The van der Waals surface area contributed by atoms with Crippen molar-refractivity contribution in [2.45, 2.75) is 251 Å². The number of hydrogen-bond acceptors (Lipinski definition) is 5. The lowest BCUT2D eigenvalue weighted by Gasteiger charge is -2.18. The number of carbonyl (C=O) groups excluding carboxylic acids is 2. The Kier molecular flexibility index (Phi) is 41.8. The number of rotatable bonds is 43. The van der Waals surface area contributed by atoms with Crippen LogP contribution in [-0.2, 0) is 19.1 Å². The molecular weight excluding hydrogens is 697 g/mol. The standard InChI is InChI=1S/C49H90N2O5/c1-3-5-7-9-11-13-15-17-19-21-23-25-27-30-34-39-45(40-35-31-29-32-36-42-47(52)51-46(49(54)55)41-38-44-50)56-48(53)43-37-33-28-26-24-22-20-18-16-14-12-10-8-6-4-2/h6,8,12,14,18,20,45-46H,3-5,7,9-11,13,15-17,19,21-44,50H2,1-2H3,(H,51,52)(H,54,55)/b8-6-,14-12-,20-18-. The van der Waals surface area contributed by atoms with Crippen LogP contribution in [-0.4, -0.2) is 41.6 Å². The molecular formula is C49H90N2O5. The molecule has 7 heteroatoms. The third kappa shape index (κ3) is 39.8. The van der Waals surface area contributed by atoms with Crippen LogP contribution in [0.5, 0.6) is 0 Å². The van der Waals surface area contributed by atoms with E-state index in [1.807, 2.05) is 0 Å². The highest BCUT2D eigenvalue weighted by Gasteiger charge is 2.19. The minimum Gasteiger partial charge on any atom is -0.480 e. The van der Waals surface area contributed by atoms with E-state index in [2.05, 4.69) is 55.6 Å². The minimum atomic E-state index is -1.00. The van der Waals surface area contributed by atoms with Gasteiger partial charge in [-0.15, -0.1) is 0 Å². The van der Waals surface area contributed by atoms with Gasteiger partial charge in [0, 0.05) is 12.8 Å². The molecule has 0 radical (unpaired) electrons. The number of esters is 1. The average molecular weight is 787 g/mol. The van der Waals surface area contributed by atoms with Crippen LogP contribution in [0.2, 0.25) is 0 Å². The summed E-state index contributed by atoms with van der Waals surface area (Å²) in [6.45, 7) is 4.85. The first kappa shape index (κ1) is 53.6. The van der Waals surface area contributed by atoms with Crippen LogP contribution in [0.4, 0.5) is 0 Å². The molecule has 0 spiro atoms. The summed E-state index contributed by atoms with van der Waals surface area (Å²) in [6.07, 6.45) is 51.9. The zero-order valence-corrected chi connectivity index (χ0v) is 36.7. The molecule has 7 nitrogen and oxygen atoms in total. The Morgan fingerprint density at radius 3 is 1.48 bits per heavy atom. The van der Waals surface area contributed by atoms with Gasteiger partial charge >= 0.3 is 11.9 Å². The van der Waals surface area contributed by atoms with Crippen molar-refractivity contribution in [3.8, 4) is 0 Å². The molecule has 56 heavy (non-hydrogen) atoms. The first-order valence-electron chi connectivity index (χ1n) is 23.8. The van der Waals surface area contributed by atoms with E-state index in [0.29, 0.717) is 32.2 Å². The summed E-state index contributed by atoms with van der Waals surface area (Å²) in [4.78, 5) is 36.5. The summed E-state index contributed by atoms with van der Waals surface area (Å²) >= 11 is 0. The molecule has 0 heterocycles. The molecule has 0 aliphatic rings. The maximum atomic E-state index is 12.8. The number of carbonyl (C=O) groups is 3. The second-order valence-electron chi connectivity index (χ2n) is 16.1. The van der Waals surface area contributed by atoms with Crippen LogP contribution in [0.25, 0.3) is 0 Å². The van der Waals surface area contributed by atoms with Gasteiger partial charge in [-0.25, -0.2) is 4.79 Å². The Hall–Kier alpha value is -2.41. The molecule has 0 aliphatic carbocycles. The van der Waals surface area contributed by atoms with Gasteiger partial charge in [-0.3, -0.25) is 9.59 Å². The van der Waals surface area contributed by atoms with Crippen LogP contribution in [0, 0.1) is 0 Å². The second kappa shape index (κ2) is 43.7. The normalized spacial score (nSPS) is 12.9. The van der Waals surface area contributed by atoms with E-state index in [1.165, 1.54) is 109 Å². The molecule has 2 unspecified atom stereocenters. The van der Waals surface area contributed by atoms with Gasteiger partial charge in [0.1, 0.15) is 12.1 Å². The lowest BCUT2D eigenvalue weighted by atomic mass is 10.0. The highest BCUT2D eigenvalue weighted by molar-refractivity contribution is 5.83. The summed E-state index contributed by atoms with van der Waals surface area (Å²) < 4.78 is 6.07. The van der Waals surface area contributed by atoms with Crippen LogP contribution in [0.15, 0.2) is 36.5 Å². The number of unbranched alkanes of at least 4 members (excludes halogenated alkanes) is 23. The van der Waals surface area contributed by atoms with Gasteiger partial charge in [0.25, 0.3) is 0 Å². The molecule has 0 saturated heterocycles. The molecule has 4 N–H and O–H groups in total. The summed E-state index contributed by atoms with van der Waals surface area (Å²) in [7, 11) is 0. The largest absolute Gasteiger partial charge is 0.480 e. The lowest BCUT2D eigenvalue weighted by Crippen LogP contribution is -2.40. The maximum Gasteiger partial charge on any atom is 0.326 e. The highest BCUT2D eigenvalue weighted by atomic mass is 16.5. The number of ether oxygens (including phenoxy) is 1. The molecule has 2 atom stereocenters. The molecule has 0 aromatic carbocycles. The summed E-state index contributed by atoms with van der Waals surface area (Å²) in [5, 5.41) is 12.0. The number of allylic oxidation sites excluding steroid dienone is 6. The summed E-state index contributed by atoms with van der Waals surface area (Å²) in [5.41, 5.74) is 5.49. The minimum absolute atomic E-state index is 0.00570. The molecule has 0 fully saturated rings.